The van der Waals surface area contributed by atoms with Crippen LogP contribution in [0.1, 0.15) is 23.4 Å². The van der Waals surface area contributed by atoms with Crippen molar-refractivity contribution in [2.24, 2.45) is 0 Å². The summed E-state index contributed by atoms with van der Waals surface area (Å²) >= 11 is 1.69. The van der Waals surface area contributed by atoms with Crippen LogP contribution in [-0.4, -0.2) is 16.7 Å². The van der Waals surface area contributed by atoms with Gasteiger partial charge in [-0.1, -0.05) is 46.8 Å². The fraction of sp³-hybridized carbons (Fsp3) is 0.294. The second kappa shape index (κ2) is 6.75. The van der Waals surface area contributed by atoms with Crippen molar-refractivity contribution in [3.8, 4) is 10.4 Å². The molecule has 0 saturated carbocycles. The molecule has 0 atom stereocenters. The second-order valence-electron chi connectivity index (χ2n) is 5.23. The minimum atomic E-state index is 0.895. The molecule has 1 N–H and O–H groups in total. The largest absolute Gasteiger partial charge is 0.361 e. The Morgan fingerprint density at radius 2 is 2.00 bits per heavy atom. The van der Waals surface area contributed by atoms with Crippen molar-refractivity contribution in [1.82, 2.24) is 10.1 Å². The van der Waals surface area contributed by atoms with E-state index in [1.54, 1.807) is 11.3 Å². The third-order valence-corrected chi connectivity index (χ3v) is 4.63. The topological polar surface area (TPSA) is 51.0 Å². The molecule has 2 aromatic heterocycles. The molecule has 114 valence electrons. The Hall–Kier alpha value is -2.14. The summed E-state index contributed by atoms with van der Waals surface area (Å²) in [6, 6.07) is 10.3. The average molecular weight is 313 g/mol. The molecule has 22 heavy (non-hydrogen) atoms. The number of benzene rings is 1. The van der Waals surface area contributed by atoms with E-state index in [0.717, 1.165) is 36.0 Å². The molecule has 0 aliphatic carbocycles. The van der Waals surface area contributed by atoms with E-state index < -0.39 is 0 Å². The number of thiazole rings is 1. The van der Waals surface area contributed by atoms with Gasteiger partial charge in [0.05, 0.1) is 10.6 Å². The van der Waals surface area contributed by atoms with Crippen LogP contribution in [0.5, 0.6) is 0 Å². The van der Waals surface area contributed by atoms with Gasteiger partial charge in [-0.2, -0.15) is 0 Å². The Labute approximate surface area is 134 Å². The summed E-state index contributed by atoms with van der Waals surface area (Å²) in [5, 5.41) is 8.35. The Morgan fingerprint density at radius 3 is 2.73 bits per heavy atom. The Kier molecular flexibility index (Phi) is 4.53. The van der Waals surface area contributed by atoms with Gasteiger partial charge in [0.1, 0.15) is 5.76 Å². The van der Waals surface area contributed by atoms with Gasteiger partial charge < -0.3 is 9.84 Å². The van der Waals surface area contributed by atoms with E-state index in [2.05, 4.69) is 27.6 Å². The number of rotatable bonds is 6. The Bertz CT molecular complexity index is 714. The Balaban J connectivity index is 1.52. The predicted molar refractivity (Wildman–Crippen MR) is 90.3 cm³/mol. The SMILES string of the molecule is Cc1noc(C)c1CCCNc1ncc(-c2ccccc2)s1. The van der Waals surface area contributed by atoms with Gasteiger partial charge in [0, 0.05) is 18.3 Å². The standard InChI is InChI=1S/C17H19N3OS/c1-12-15(13(2)21-20-12)9-6-10-18-17-19-11-16(22-17)14-7-4-3-5-8-14/h3-5,7-8,11H,6,9-10H2,1-2H3,(H,18,19). The molecule has 1 aromatic carbocycles. The number of hydrogen-bond acceptors (Lipinski definition) is 5. The van der Waals surface area contributed by atoms with Crippen LogP contribution < -0.4 is 5.32 Å². The van der Waals surface area contributed by atoms with Crippen molar-refractivity contribution >= 4 is 16.5 Å². The summed E-state index contributed by atoms with van der Waals surface area (Å²) in [5.74, 6) is 0.929. The summed E-state index contributed by atoms with van der Waals surface area (Å²) in [5.41, 5.74) is 3.44. The molecule has 0 fully saturated rings. The van der Waals surface area contributed by atoms with E-state index in [1.807, 2.05) is 38.2 Å². The highest BCUT2D eigenvalue weighted by Crippen LogP contribution is 2.28. The molecule has 0 radical (unpaired) electrons. The first-order chi connectivity index (χ1) is 10.7. The van der Waals surface area contributed by atoms with Crippen LogP contribution in [0.4, 0.5) is 5.13 Å². The maximum Gasteiger partial charge on any atom is 0.183 e. The molecular formula is C17H19N3OS. The van der Waals surface area contributed by atoms with Crippen LogP contribution in [0, 0.1) is 13.8 Å². The zero-order valence-electron chi connectivity index (χ0n) is 12.8. The highest BCUT2D eigenvalue weighted by atomic mass is 32.1. The molecule has 0 bridgehead atoms. The quantitative estimate of drug-likeness (QED) is 0.683. The van der Waals surface area contributed by atoms with E-state index in [-0.39, 0.29) is 0 Å². The lowest BCUT2D eigenvalue weighted by Gasteiger charge is -2.02. The first-order valence-corrected chi connectivity index (χ1v) is 8.22. The van der Waals surface area contributed by atoms with Crippen LogP contribution >= 0.6 is 11.3 Å². The van der Waals surface area contributed by atoms with Crippen LogP contribution in [0.3, 0.4) is 0 Å². The maximum absolute atomic E-state index is 5.18. The first kappa shape index (κ1) is 14.8. The highest BCUT2D eigenvalue weighted by molar-refractivity contribution is 7.18. The molecule has 0 unspecified atom stereocenters. The van der Waals surface area contributed by atoms with Gasteiger partial charge in [0.2, 0.25) is 0 Å². The van der Waals surface area contributed by atoms with Gasteiger partial charge in [-0.15, -0.1) is 0 Å². The normalized spacial score (nSPS) is 10.8. The lowest BCUT2D eigenvalue weighted by atomic mass is 10.1. The van der Waals surface area contributed by atoms with Crippen molar-refractivity contribution in [1.29, 1.82) is 0 Å². The van der Waals surface area contributed by atoms with Crippen LogP contribution in [-0.2, 0) is 6.42 Å². The third kappa shape index (κ3) is 3.36. The fourth-order valence-corrected chi connectivity index (χ4v) is 3.26. The molecule has 0 spiro atoms. The third-order valence-electron chi connectivity index (χ3n) is 3.62. The van der Waals surface area contributed by atoms with Gasteiger partial charge in [-0.05, 0) is 32.3 Å². The molecule has 4 nitrogen and oxygen atoms in total. The van der Waals surface area contributed by atoms with E-state index in [9.17, 15) is 0 Å². The smallest absolute Gasteiger partial charge is 0.183 e. The number of anilines is 1. The van der Waals surface area contributed by atoms with Crippen molar-refractivity contribution < 1.29 is 4.52 Å². The zero-order chi connectivity index (χ0) is 15.4. The molecule has 3 rings (SSSR count). The van der Waals surface area contributed by atoms with E-state index in [4.69, 9.17) is 4.52 Å². The number of aryl methyl sites for hydroxylation is 2. The Morgan fingerprint density at radius 1 is 1.18 bits per heavy atom. The van der Waals surface area contributed by atoms with Gasteiger partial charge in [-0.3, -0.25) is 0 Å². The van der Waals surface area contributed by atoms with Gasteiger partial charge >= 0.3 is 0 Å². The zero-order valence-corrected chi connectivity index (χ0v) is 13.6. The number of nitrogens with zero attached hydrogens (tertiary/aromatic N) is 2. The van der Waals surface area contributed by atoms with Crippen LogP contribution in [0.25, 0.3) is 10.4 Å². The highest BCUT2D eigenvalue weighted by Gasteiger charge is 2.08. The molecule has 0 aliphatic rings. The number of nitrogens with one attached hydrogen (secondary N) is 1. The first-order valence-electron chi connectivity index (χ1n) is 7.41. The predicted octanol–water partition coefficient (Wildman–Crippen LogP) is 4.46. The second-order valence-corrected chi connectivity index (χ2v) is 6.26. The maximum atomic E-state index is 5.18. The summed E-state index contributed by atoms with van der Waals surface area (Å²) in [6.07, 6.45) is 3.94. The van der Waals surface area contributed by atoms with Crippen molar-refractivity contribution in [2.45, 2.75) is 26.7 Å². The lowest BCUT2D eigenvalue weighted by Crippen LogP contribution is -2.03. The molecule has 0 aliphatic heterocycles. The molecule has 3 aromatic rings. The van der Waals surface area contributed by atoms with Crippen molar-refractivity contribution in [3.63, 3.8) is 0 Å². The van der Waals surface area contributed by atoms with Gasteiger partial charge in [-0.25, -0.2) is 4.98 Å². The van der Waals surface area contributed by atoms with E-state index >= 15 is 0 Å². The average Bonchev–Trinajstić information content (AvgIpc) is 3.13. The van der Waals surface area contributed by atoms with E-state index in [1.165, 1.54) is 16.0 Å². The van der Waals surface area contributed by atoms with E-state index in [0.29, 0.717) is 0 Å². The van der Waals surface area contributed by atoms with Gasteiger partial charge in [0.25, 0.3) is 0 Å². The summed E-state index contributed by atoms with van der Waals surface area (Å²) < 4.78 is 5.18. The van der Waals surface area contributed by atoms with Crippen molar-refractivity contribution in [3.05, 3.63) is 53.5 Å². The summed E-state index contributed by atoms with van der Waals surface area (Å²) in [7, 11) is 0. The minimum absolute atomic E-state index is 0.895. The lowest BCUT2D eigenvalue weighted by molar-refractivity contribution is 0.392. The number of hydrogen-bond donors (Lipinski definition) is 1. The molecule has 2 heterocycles. The van der Waals surface area contributed by atoms with Crippen LogP contribution in [0.15, 0.2) is 41.1 Å². The minimum Gasteiger partial charge on any atom is -0.361 e. The van der Waals surface area contributed by atoms with Crippen molar-refractivity contribution in [2.75, 3.05) is 11.9 Å². The monoisotopic (exact) mass is 313 g/mol. The van der Waals surface area contributed by atoms with Gasteiger partial charge in [0.15, 0.2) is 5.13 Å². The molecule has 0 amide bonds. The molecular weight excluding hydrogens is 294 g/mol. The summed E-state index contributed by atoms with van der Waals surface area (Å²) in [4.78, 5) is 5.63. The summed E-state index contributed by atoms with van der Waals surface area (Å²) in [6.45, 7) is 4.85. The number of aromatic nitrogens is 2. The van der Waals surface area contributed by atoms with Crippen LogP contribution in [0.2, 0.25) is 0 Å². The fourth-order valence-electron chi connectivity index (χ4n) is 2.41. The molecule has 0 saturated heterocycles. The molecule has 5 heteroatoms.